The molecule has 1 N–H and O–H groups in total. The van der Waals surface area contributed by atoms with Gasteiger partial charge in [-0.3, -0.25) is 4.98 Å². The maximum absolute atomic E-state index is 10.8. The predicted octanol–water partition coefficient (Wildman–Crippen LogP) is 3.59. The van der Waals surface area contributed by atoms with E-state index in [1.165, 1.54) is 12.3 Å². The number of hydrogen-bond donors (Lipinski definition) is 1. The van der Waals surface area contributed by atoms with Crippen molar-refractivity contribution in [2.45, 2.75) is 33.1 Å². The molecule has 0 amide bonds. The summed E-state index contributed by atoms with van der Waals surface area (Å²) in [6.45, 7) is 4.01. The van der Waals surface area contributed by atoms with Gasteiger partial charge in [-0.2, -0.15) is 0 Å². The van der Waals surface area contributed by atoms with E-state index in [0.717, 1.165) is 36.3 Å². The summed E-state index contributed by atoms with van der Waals surface area (Å²) in [6, 6.07) is 3.21. The second-order valence-electron chi connectivity index (χ2n) is 4.81. The highest BCUT2D eigenvalue weighted by molar-refractivity contribution is 5.87. The van der Waals surface area contributed by atoms with E-state index >= 15 is 0 Å². The maximum Gasteiger partial charge on any atom is 0.337 e. The molecule has 2 aromatic rings. The summed E-state index contributed by atoms with van der Waals surface area (Å²) in [5.41, 5.74) is 2.80. The third-order valence-corrected chi connectivity index (χ3v) is 3.20. The Labute approximate surface area is 123 Å². The average Bonchev–Trinajstić information content (AvgIpc) is 2.83. The van der Waals surface area contributed by atoms with Crippen molar-refractivity contribution in [1.82, 2.24) is 10.1 Å². The molecule has 0 radical (unpaired) electrons. The van der Waals surface area contributed by atoms with Gasteiger partial charge >= 0.3 is 5.97 Å². The van der Waals surface area contributed by atoms with Crippen molar-refractivity contribution in [2.24, 2.45) is 0 Å². The molecular formula is C16H18N2O3. The fourth-order valence-electron chi connectivity index (χ4n) is 1.96. The topological polar surface area (TPSA) is 76.2 Å². The van der Waals surface area contributed by atoms with Crippen molar-refractivity contribution in [1.29, 1.82) is 0 Å². The first-order valence-corrected chi connectivity index (χ1v) is 6.94. The number of nitrogens with zero attached hydrogens (tertiary/aromatic N) is 2. The molecule has 0 aliphatic carbocycles. The van der Waals surface area contributed by atoms with Crippen LogP contribution in [0.5, 0.6) is 0 Å². The van der Waals surface area contributed by atoms with E-state index in [0.29, 0.717) is 5.69 Å². The number of aromatic carboxylic acids is 1. The molecule has 2 heterocycles. The van der Waals surface area contributed by atoms with Crippen LogP contribution in [0.2, 0.25) is 0 Å². The van der Waals surface area contributed by atoms with E-state index in [4.69, 9.17) is 9.63 Å². The van der Waals surface area contributed by atoms with Crippen LogP contribution in [0.4, 0.5) is 0 Å². The number of aromatic nitrogens is 2. The summed E-state index contributed by atoms with van der Waals surface area (Å²) in [6.07, 6.45) is 8.16. The van der Waals surface area contributed by atoms with Crippen LogP contribution in [0, 0.1) is 6.92 Å². The standard InChI is InChI=1S/C16H18N2O3/c1-3-4-5-15-14(11(2)21-18-15)9-8-13-7-6-12(10-17-13)16(19)20/h6-10H,3-5H2,1-2H3,(H,19,20). The second-order valence-corrected chi connectivity index (χ2v) is 4.81. The Morgan fingerprint density at radius 3 is 2.81 bits per heavy atom. The van der Waals surface area contributed by atoms with Gasteiger partial charge in [0.1, 0.15) is 5.76 Å². The normalized spacial score (nSPS) is 11.1. The Bertz CT molecular complexity index is 642. The number of carboxylic acid groups (broad SMARTS) is 1. The quantitative estimate of drug-likeness (QED) is 0.878. The van der Waals surface area contributed by atoms with Crippen molar-refractivity contribution in [3.63, 3.8) is 0 Å². The Morgan fingerprint density at radius 2 is 2.19 bits per heavy atom. The zero-order valence-electron chi connectivity index (χ0n) is 12.2. The molecule has 0 bridgehead atoms. The summed E-state index contributed by atoms with van der Waals surface area (Å²) in [5.74, 6) is -0.200. The molecule has 0 fully saturated rings. The molecule has 0 aliphatic rings. The molecule has 0 atom stereocenters. The Morgan fingerprint density at radius 1 is 1.38 bits per heavy atom. The van der Waals surface area contributed by atoms with Crippen LogP contribution < -0.4 is 0 Å². The van der Waals surface area contributed by atoms with Gasteiger partial charge < -0.3 is 9.63 Å². The lowest BCUT2D eigenvalue weighted by Crippen LogP contribution is -1.96. The van der Waals surface area contributed by atoms with Gasteiger partial charge in [-0.05, 0) is 44.1 Å². The second kappa shape index (κ2) is 6.83. The highest BCUT2D eigenvalue weighted by atomic mass is 16.5. The minimum atomic E-state index is -0.977. The van der Waals surface area contributed by atoms with E-state index in [9.17, 15) is 4.79 Å². The zero-order valence-corrected chi connectivity index (χ0v) is 12.2. The smallest absolute Gasteiger partial charge is 0.337 e. The molecule has 110 valence electrons. The molecule has 21 heavy (non-hydrogen) atoms. The van der Waals surface area contributed by atoms with Crippen LogP contribution in [0.15, 0.2) is 22.9 Å². The fraction of sp³-hybridized carbons (Fsp3) is 0.312. The van der Waals surface area contributed by atoms with Gasteiger partial charge in [0.15, 0.2) is 0 Å². The zero-order chi connectivity index (χ0) is 15.2. The highest BCUT2D eigenvalue weighted by Gasteiger charge is 2.09. The summed E-state index contributed by atoms with van der Waals surface area (Å²) in [5, 5.41) is 12.9. The molecular weight excluding hydrogens is 268 g/mol. The maximum atomic E-state index is 10.8. The summed E-state index contributed by atoms with van der Waals surface area (Å²) >= 11 is 0. The van der Waals surface area contributed by atoms with Gasteiger partial charge in [-0.1, -0.05) is 18.5 Å². The molecule has 2 aromatic heterocycles. The molecule has 0 unspecified atom stereocenters. The first kappa shape index (κ1) is 15.0. The van der Waals surface area contributed by atoms with E-state index in [-0.39, 0.29) is 5.56 Å². The van der Waals surface area contributed by atoms with Crippen LogP contribution in [0.1, 0.15) is 52.8 Å². The summed E-state index contributed by atoms with van der Waals surface area (Å²) in [4.78, 5) is 14.9. The van der Waals surface area contributed by atoms with Crippen molar-refractivity contribution in [2.75, 3.05) is 0 Å². The number of rotatable bonds is 6. The number of carbonyl (C=O) groups is 1. The van der Waals surface area contributed by atoms with Crippen LogP contribution in [-0.4, -0.2) is 21.2 Å². The van der Waals surface area contributed by atoms with Crippen LogP contribution >= 0.6 is 0 Å². The Kier molecular flexibility index (Phi) is 4.87. The largest absolute Gasteiger partial charge is 0.478 e. The predicted molar refractivity (Wildman–Crippen MR) is 80.0 cm³/mol. The molecule has 0 saturated heterocycles. The number of pyridine rings is 1. The van der Waals surface area contributed by atoms with Crippen molar-refractivity contribution < 1.29 is 14.4 Å². The highest BCUT2D eigenvalue weighted by Crippen LogP contribution is 2.18. The first-order chi connectivity index (χ1) is 10.1. The van der Waals surface area contributed by atoms with E-state index in [1.54, 1.807) is 6.07 Å². The SMILES string of the molecule is CCCCc1noc(C)c1C=Cc1ccc(C(=O)O)cn1. The lowest BCUT2D eigenvalue weighted by molar-refractivity contribution is 0.0696. The Hall–Kier alpha value is -2.43. The van der Waals surface area contributed by atoms with Crippen molar-refractivity contribution in [3.05, 3.63) is 46.6 Å². The van der Waals surface area contributed by atoms with Gasteiger partial charge in [-0.15, -0.1) is 0 Å². The number of hydrogen-bond acceptors (Lipinski definition) is 4. The lowest BCUT2D eigenvalue weighted by atomic mass is 10.1. The van der Waals surface area contributed by atoms with Gasteiger partial charge in [0.2, 0.25) is 0 Å². The average molecular weight is 286 g/mol. The summed E-state index contributed by atoms with van der Waals surface area (Å²) in [7, 11) is 0. The molecule has 0 spiro atoms. The van der Waals surface area contributed by atoms with Gasteiger partial charge in [0.25, 0.3) is 0 Å². The van der Waals surface area contributed by atoms with E-state index < -0.39 is 5.97 Å². The van der Waals surface area contributed by atoms with E-state index in [2.05, 4.69) is 17.1 Å². The van der Waals surface area contributed by atoms with Crippen LogP contribution in [0.3, 0.4) is 0 Å². The third-order valence-electron chi connectivity index (χ3n) is 3.20. The number of unbranched alkanes of at least 4 members (excludes halogenated alkanes) is 1. The molecule has 0 saturated carbocycles. The third kappa shape index (κ3) is 3.78. The first-order valence-electron chi connectivity index (χ1n) is 6.94. The van der Waals surface area contributed by atoms with Crippen molar-refractivity contribution in [3.8, 4) is 0 Å². The van der Waals surface area contributed by atoms with Crippen LogP contribution in [0.25, 0.3) is 12.2 Å². The fourth-order valence-corrected chi connectivity index (χ4v) is 1.96. The number of carboxylic acids is 1. The Balaban J connectivity index is 2.17. The van der Waals surface area contributed by atoms with Crippen molar-refractivity contribution >= 4 is 18.1 Å². The monoisotopic (exact) mass is 286 g/mol. The minimum Gasteiger partial charge on any atom is -0.478 e. The van der Waals surface area contributed by atoms with E-state index in [1.807, 2.05) is 19.1 Å². The molecule has 5 heteroatoms. The van der Waals surface area contributed by atoms with Gasteiger partial charge in [0, 0.05) is 11.8 Å². The minimum absolute atomic E-state index is 0.178. The van der Waals surface area contributed by atoms with Gasteiger partial charge in [0.05, 0.1) is 17.0 Å². The number of aryl methyl sites for hydroxylation is 2. The summed E-state index contributed by atoms with van der Waals surface area (Å²) < 4.78 is 5.23. The molecule has 5 nitrogen and oxygen atoms in total. The molecule has 2 rings (SSSR count). The molecule has 0 aromatic carbocycles. The lowest BCUT2D eigenvalue weighted by Gasteiger charge is -1.97. The molecule has 0 aliphatic heterocycles. The van der Waals surface area contributed by atoms with Gasteiger partial charge in [-0.25, -0.2) is 4.79 Å². The van der Waals surface area contributed by atoms with Crippen LogP contribution in [-0.2, 0) is 6.42 Å².